The van der Waals surface area contributed by atoms with Gasteiger partial charge in [-0.05, 0) is 79.5 Å². The van der Waals surface area contributed by atoms with Gasteiger partial charge in [0.05, 0.1) is 82.7 Å². The lowest BCUT2D eigenvalue weighted by Crippen LogP contribution is -2.60. The zero-order chi connectivity index (χ0) is 83.0. The summed E-state index contributed by atoms with van der Waals surface area (Å²) in [5.41, 5.74) is 7.02. The molecule has 1 saturated heterocycles. The second-order valence-electron chi connectivity index (χ2n) is 30.3. The van der Waals surface area contributed by atoms with Gasteiger partial charge in [-0.1, -0.05) is 116 Å². The average Bonchev–Trinajstić information content (AvgIpc) is 1.74. The Kier molecular flexibility index (Phi) is 35.9. The number of urea groups is 1. The van der Waals surface area contributed by atoms with Crippen LogP contribution in [-0.4, -0.2) is 259 Å². The number of nitrogens with one attached hydrogen (secondary N) is 6. The molecule has 37 heteroatoms. The zero-order valence-corrected chi connectivity index (χ0v) is 68.9. The lowest BCUT2D eigenvalue weighted by molar-refractivity contribution is -0.870. The largest absolute Gasteiger partial charge is 0.472 e. The Hall–Kier alpha value is -8.61. The third kappa shape index (κ3) is 27.9. The number of phosphoric ester groups is 1. The number of aliphatic hydroxyl groups excluding tert-OH is 1. The summed E-state index contributed by atoms with van der Waals surface area (Å²) >= 11 is 0. The Labute approximate surface area is 651 Å². The summed E-state index contributed by atoms with van der Waals surface area (Å²) in [6.45, 7) is 17.5. The van der Waals surface area contributed by atoms with E-state index in [0.717, 1.165) is 15.8 Å². The number of quaternary nitrogens is 1. The third-order valence-corrected chi connectivity index (χ3v) is 21.5. The van der Waals surface area contributed by atoms with Crippen molar-refractivity contribution in [2.75, 3.05) is 93.9 Å². The summed E-state index contributed by atoms with van der Waals surface area (Å²) in [5, 5.41) is 35.3. The van der Waals surface area contributed by atoms with E-state index < -0.39 is 161 Å². The predicted molar refractivity (Wildman–Crippen MR) is 412 cm³/mol. The van der Waals surface area contributed by atoms with Gasteiger partial charge in [-0.2, -0.15) is 0 Å². The number of hydrogen-bond donors (Lipinski definition) is 9. The van der Waals surface area contributed by atoms with E-state index in [1.54, 1.807) is 91.6 Å². The first kappa shape index (κ1) is 93.0. The van der Waals surface area contributed by atoms with Crippen LogP contribution in [-0.2, 0) is 77.8 Å². The highest BCUT2D eigenvalue weighted by molar-refractivity contribution is 7.90. The summed E-state index contributed by atoms with van der Waals surface area (Å²) in [6.07, 6.45) is 2.83. The van der Waals surface area contributed by atoms with E-state index >= 15 is 0 Å². The number of likely N-dealkylation sites (N-methyl/N-ethyl adjacent to an activating group) is 3. The SMILES string of the molecule is CC[C@H](C)[C@@H]([C@@H](CC(=O)N1CCC[C@H]1[C@H](OC)[C@@H](C)C(=O)N[C@H](C)[C@@H](O)c1ccccc1)OC)N(C)C(=O)[C@@H](NC(=O)[C@H](C(C)C)N(C)C(=O)OCc1ccc(NC(=O)[C@H](CCCNC(N)=O)NC(=O)[C@@H](NC(=O)[C@H](CCOP(=O)(O)OCC[N+](C)(C)C)n2cc(-c3cnc(S(C)(=O)=O)nc3)nn2)C(C)C)cc1)C(C)C. The molecule has 0 spiro atoms. The van der Waals surface area contributed by atoms with Crippen LogP contribution in [0.1, 0.15) is 137 Å². The molecule has 1 aliphatic rings. The van der Waals surface area contributed by atoms with Crippen molar-refractivity contribution < 1.29 is 93.9 Å². The second kappa shape index (κ2) is 42.9. The minimum atomic E-state index is -4.64. The van der Waals surface area contributed by atoms with E-state index in [2.05, 4.69) is 52.2 Å². The van der Waals surface area contributed by atoms with Crippen molar-refractivity contribution in [2.24, 2.45) is 35.3 Å². The van der Waals surface area contributed by atoms with Gasteiger partial charge < -0.3 is 76.1 Å². The number of amides is 10. The van der Waals surface area contributed by atoms with Crippen molar-refractivity contribution in [3.8, 4) is 11.3 Å². The number of primary amides is 1. The molecule has 0 bridgehead atoms. The Bertz CT molecular complexity index is 3890. The number of phosphoric acid groups is 1. The number of aromatic nitrogens is 5. The highest BCUT2D eigenvalue weighted by Gasteiger charge is 2.45. The van der Waals surface area contributed by atoms with Crippen LogP contribution in [0.4, 0.5) is 15.3 Å². The molecule has 0 aliphatic carbocycles. The third-order valence-electron chi connectivity index (χ3n) is 19.6. The molecule has 0 radical (unpaired) electrons. The maximum Gasteiger partial charge on any atom is 0.472 e. The number of rotatable bonds is 44. The minimum absolute atomic E-state index is 0.0228. The number of aliphatic hydroxyl groups is 1. The standard InChI is InChI=1S/C74H117N16O19PS/c1-19-47(8)63(58(105-16)39-59(91)88-35-24-28-56(88)65(106-17)48(9)66(93)79-49(10)64(92)51-25-21-20-22-26-51)86(11)71(98)61(45(4)5)83-70(97)62(46(6)7)87(12)74(100)107-43-50-29-31-53(32-30-50)80-67(94)54(27-23-34-76-72(75)99)81-69(96)60(44(2)3)82-68(95)57(33-37-108-110(101,102)109-38-36-90(13,14)15)89-42-55(84-85-89)52-40-77-73(78-41-52)111(18,103)104/h20-22,25-26,29-32,40-42,44-49,54,56-58,60-65,92H,19,23-24,27-28,33-39,43H2,1-18H3,(H8-,75,76,79,80,81,82,83,93,94,95,96,97,99,101,102)/p+1/t47-,48+,49+,54-,56-,57-,58+,60-,61-,62-,63-,64+,65+/m0/s1. The maximum atomic E-state index is 14.9. The van der Waals surface area contributed by atoms with Crippen LogP contribution >= 0.6 is 7.82 Å². The van der Waals surface area contributed by atoms with Gasteiger partial charge in [-0.15, -0.1) is 5.10 Å². The lowest BCUT2D eigenvalue weighted by Gasteiger charge is -2.41. The Balaban J connectivity index is 1.24. The number of benzene rings is 2. The molecule has 2 aromatic carbocycles. The van der Waals surface area contributed by atoms with Crippen molar-refractivity contribution in [3.05, 3.63) is 84.3 Å². The summed E-state index contributed by atoms with van der Waals surface area (Å²) in [7, 11) is 3.20. The Morgan fingerprint density at radius 1 is 0.766 bits per heavy atom. The van der Waals surface area contributed by atoms with E-state index in [1.165, 1.54) is 56.9 Å². The van der Waals surface area contributed by atoms with Crippen LogP contribution in [0.5, 0.6) is 0 Å². The number of anilines is 1. The van der Waals surface area contributed by atoms with Crippen molar-refractivity contribution in [1.82, 2.24) is 66.2 Å². The van der Waals surface area contributed by atoms with Gasteiger partial charge >= 0.3 is 19.9 Å². The van der Waals surface area contributed by atoms with Gasteiger partial charge in [-0.25, -0.2) is 37.2 Å². The van der Waals surface area contributed by atoms with E-state index in [-0.39, 0.29) is 80.1 Å². The average molecular weight is 1600 g/mol. The van der Waals surface area contributed by atoms with Crippen LogP contribution in [0.2, 0.25) is 0 Å². The molecule has 618 valence electrons. The smallest absolute Gasteiger partial charge is 0.445 e. The number of nitrogens with zero attached hydrogens (tertiary/aromatic N) is 9. The molecule has 1 aliphatic heterocycles. The molecule has 1 fully saturated rings. The zero-order valence-electron chi connectivity index (χ0n) is 67.2. The van der Waals surface area contributed by atoms with Crippen molar-refractivity contribution >= 4 is 76.8 Å². The first-order valence-corrected chi connectivity index (χ1v) is 40.7. The first-order chi connectivity index (χ1) is 52.0. The van der Waals surface area contributed by atoms with Gasteiger partial charge in [0.25, 0.3) is 0 Å². The number of methoxy groups -OCH3 is 2. The fourth-order valence-corrected chi connectivity index (χ4v) is 14.2. The monoisotopic (exact) mass is 1600 g/mol. The molecular formula is C74H118N16O19PS+. The van der Waals surface area contributed by atoms with Crippen LogP contribution in [0.3, 0.4) is 0 Å². The van der Waals surface area contributed by atoms with Gasteiger partial charge in [0.1, 0.15) is 55.7 Å². The van der Waals surface area contributed by atoms with E-state index in [4.69, 9.17) is 29.0 Å². The summed E-state index contributed by atoms with van der Waals surface area (Å²) in [6, 6.07) is 6.43. The number of carbonyl (C=O) groups excluding carboxylic acids is 9. The molecular weight excluding hydrogens is 1480 g/mol. The number of nitrogens with two attached hydrogens (primary N) is 1. The topological polar surface area (TPSA) is 456 Å². The van der Waals surface area contributed by atoms with Crippen molar-refractivity contribution in [3.63, 3.8) is 0 Å². The summed E-state index contributed by atoms with van der Waals surface area (Å²) < 4.78 is 66.8. The quantitative estimate of drug-likeness (QED) is 0.0127. The molecule has 35 nitrogen and oxygen atoms in total. The maximum absolute atomic E-state index is 14.9. The normalized spacial score (nSPS) is 17.1. The van der Waals surface area contributed by atoms with E-state index in [0.29, 0.717) is 48.0 Å². The van der Waals surface area contributed by atoms with Crippen molar-refractivity contribution in [1.29, 1.82) is 0 Å². The van der Waals surface area contributed by atoms with Crippen LogP contribution in [0, 0.1) is 29.6 Å². The molecule has 2 aromatic heterocycles. The lowest BCUT2D eigenvalue weighted by atomic mass is 9.89. The van der Waals surface area contributed by atoms with Crippen LogP contribution in [0.25, 0.3) is 11.3 Å². The highest BCUT2D eigenvalue weighted by Crippen LogP contribution is 2.43. The van der Waals surface area contributed by atoms with Gasteiger partial charge in [0.15, 0.2) is 0 Å². The van der Waals surface area contributed by atoms with Gasteiger partial charge in [-0.3, -0.25) is 47.5 Å². The summed E-state index contributed by atoms with van der Waals surface area (Å²) in [4.78, 5) is 149. The molecule has 5 rings (SSSR count). The van der Waals surface area contributed by atoms with Crippen LogP contribution < -0.4 is 37.6 Å². The highest BCUT2D eigenvalue weighted by atomic mass is 32.2. The fourth-order valence-electron chi connectivity index (χ4n) is 13.0. The van der Waals surface area contributed by atoms with Gasteiger partial charge in [0.2, 0.25) is 56.3 Å². The first-order valence-electron chi connectivity index (χ1n) is 37.3. The van der Waals surface area contributed by atoms with Crippen molar-refractivity contribution in [2.45, 2.75) is 193 Å². The predicted octanol–water partition coefficient (Wildman–Crippen LogP) is 4.51. The Morgan fingerprint density at radius 3 is 1.95 bits per heavy atom. The second-order valence-corrected chi connectivity index (χ2v) is 33.7. The molecule has 3 heterocycles. The van der Waals surface area contributed by atoms with Gasteiger partial charge in [0, 0.05) is 77.7 Å². The molecule has 10 N–H and O–H groups in total. The molecule has 111 heavy (non-hydrogen) atoms. The number of sulfone groups is 1. The fraction of sp³-hybridized carbons (Fsp3) is 0.635. The van der Waals surface area contributed by atoms with Crippen LogP contribution in [0.15, 0.2) is 78.3 Å². The number of carbonyl (C=O) groups is 9. The minimum Gasteiger partial charge on any atom is -0.445 e. The number of hydrogen-bond acceptors (Lipinski definition) is 22. The molecule has 1 unspecified atom stereocenters. The molecule has 14 atom stereocenters. The molecule has 0 saturated carbocycles. The number of likely N-dealkylation sites (tertiary alicyclic amines) is 1. The number of ether oxygens (including phenoxy) is 3. The molecule has 10 amide bonds. The molecule has 4 aromatic rings. The van der Waals surface area contributed by atoms with E-state index in [9.17, 15) is 66.1 Å². The van der Waals surface area contributed by atoms with E-state index in [1.807, 2.05) is 53.2 Å². The summed E-state index contributed by atoms with van der Waals surface area (Å²) in [5.74, 6) is -6.48. The Morgan fingerprint density at radius 2 is 1.39 bits per heavy atom.